The summed E-state index contributed by atoms with van der Waals surface area (Å²) in [6.07, 6.45) is 9.27. The Morgan fingerprint density at radius 2 is 1.82 bits per heavy atom. The van der Waals surface area contributed by atoms with Crippen molar-refractivity contribution in [1.29, 1.82) is 0 Å². The first-order valence-electron chi connectivity index (χ1n) is 10.9. The lowest BCUT2D eigenvalue weighted by Gasteiger charge is -2.59. The van der Waals surface area contributed by atoms with Crippen LogP contribution in [0.3, 0.4) is 0 Å². The number of benzene rings is 1. The second-order valence-corrected chi connectivity index (χ2v) is 9.66. The van der Waals surface area contributed by atoms with Gasteiger partial charge in [0.05, 0.1) is 5.52 Å². The molecule has 4 bridgehead atoms. The molecule has 1 unspecified atom stereocenters. The highest BCUT2D eigenvalue weighted by Crippen LogP contribution is 2.61. The van der Waals surface area contributed by atoms with Crippen molar-refractivity contribution in [3.63, 3.8) is 0 Å². The van der Waals surface area contributed by atoms with Crippen LogP contribution in [0.15, 0.2) is 33.5 Å². The van der Waals surface area contributed by atoms with E-state index >= 15 is 0 Å². The Hall–Kier alpha value is -2.04. The van der Waals surface area contributed by atoms with E-state index in [1.807, 2.05) is 18.2 Å². The molecule has 28 heavy (non-hydrogen) atoms. The van der Waals surface area contributed by atoms with Crippen LogP contribution in [0.5, 0.6) is 0 Å². The summed E-state index contributed by atoms with van der Waals surface area (Å²) in [7, 11) is 0. The lowest BCUT2D eigenvalue weighted by molar-refractivity contribution is -0.126. The number of hydrogen-bond acceptors (Lipinski definition) is 3. The first kappa shape index (κ1) is 18.0. The fraction of sp³-hybridized carbons (Fsp3) is 0.652. The van der Waals surface area contributed by atoms with Crippen molar-refractivity contribution < 1.29 is 9.21 Å². The number of carbonyl (C=O) groups is 1. The third kappa shape index (κ3) is 3.09. The van der Waals surface area contributed by atoms with Gasteiger partial charge in [0, 0.05) is 19.0 Å². The Balaban J connectivity index is 1.18. The van der Waals surface area contributed by atoms with E-state index in [1.54, 1.807) is 10.6 Å². The van der Waals surface area contributed by atoms with Crippen LogP contribution >= 0.6 is 0 Å². The second-order valence-electron chi connectivity index (χ2n) is 9.66. The SMILES string of the molecule is CC(NC(=O)CCCn1c(=O)oc2ccccc21)C12CC3CC(CC(C3)C1)C2. The number of amides is 1. The van der Waals surface area contributed by atoms with Crippen molar-refractivity contribution in [3.8, 4) is 0 Å². The molecule has 0 radical (unpaired) electrons. The summed E-state index contributed by atoms with van der Waals surface area (Å²) in [6, 6.07) is 7.69. The van der Waals surface area contributed by atoms with E-state index in [4.69, 9.17) is 4.42 Å². The molecule has 1 amide bonds. The van der Waals surface area contributed by atoms with Crippen molar-refractivity contribution >= 4 is 17.0 Å². The quantitative estimate of drug-likeness (QED) is 0.818. The average molecular weight is 383 g/mol. The van der Waals surface area contributed by atoms with Crippen LogP contribution in [0.4, 0.5) is 0 Å². The van der Waals surface area contributed by atoms with Crippen molar-refractivity contribution in [2.75, 3.05) is 0 Å². The Labute approximate surface area is 165 Å². The Morgan fingerprint density at radius 3 is 2.50 bits per heavy atom. The van der Waals surface area contributed by atoms with Crippen LogP contribution in [0.2, 0.25) is 0 Å². The zero-order valence-electron chi connectivity index (χ0n) is 16.7. The first-order valence-corrected chi connectivity index (χ1v) is 10.9. The molecule has 4 saturated carbocycles. The van der Waals surface area contributed by atoms with Crippen LogP contribution < -0.4 is 11.1 Å². The predicted octanol–water partition coefficient (Wildman–Crippen LogP) is 4.10. The van der Waals surface area contributed by atoms with Crippen LogP contribution in [-0.4, -0.2) is 16.5 Å². The summed E-state index contributed by atoms with van der Waals surface area (Å²) < 4.78 is 6.90. The zero-order chi connectivity index (χ0) is 19.3. The Kier molecular flexibility index (Phi) is 4.37. The standard InChI is InChI=1S/C23H30N2O3/c1-15(23-12-16-9-17(13-23)11-18(10-16)14-23)24-21(26)7-4-8-25-19-5-2-3-6-20(19)28-22(25)27/h2-3,5-6,15-18H,4,7-14H2,1H3,(H,24,26). The minimum absolute atomic E-state index is 0.115. The van der Waals surface area contributed by atoms with Gasteiger partial charge in [0.2, 0.25) is 5.91 Å². The maximum Gasteiger partial charge on any atom is 0.419 e. The summed E-state index contributed by atoms with van der Waals surface area (Å²) in [4.78, 5) is 24.6. The van der Waals surface area contributed by atoms with Gasteiger partial charge in [-0.25, -0.2) is 4.79 Å². The van der Waals surface area contributed by atoms with Gasteiger partial charge in [-0.15, -0.1) is 0 Å². The molecule has 1 aromatic carbocycles. The highest BCUT2D eigenvalue weighted by Gasteiger charge is 2.53. The van der Waals surface area contributed by atoms with Gasteiger partial charge in [-0.2, -0.15) is 0 Å². The number of nitrogens with zero attached hydrogens (tertiary/aromatic N) is 1. The molecule has 4 aliphatic carbocycles. The van der Waals surface area contributed by atoms with E-state index in [2.05, 4.69) is 12.2 Å². The second kappa shape index (κ2) is 6.78. The van der Waals surface area contributed by atoms with E-state index in [1.165, 1.54) is 38.5 Å². The van der Waals surface area contributed by atoms with Gasteiger partial charge in [0.15, 0.2) is 5.58 Å². The smallest absolute Gasteiger partial charge is 0.408 e. The van der Waals surface area contributed by atoms with Gasteiger partial charge in [-0.05, 0) is 87.2 Å². The van der Waals surface area contributed by atoms with Crippen LogP contribution in [-0.2, 0) is 11.3 Å². The van der Waals surface area contributed by atoms with Crippen LogP contribution in [0.1, 0.15) is 58.3 Å². The van der Waals surface area contributed by atoms with E-state index < -0.39 is 0 Å². The number of oxazole rings is 1. The molecule has 5 nitrogen and oxygen atoms in total. The van der Waals surface area contributed by atoms with Gasteiger partial charge >= 0.3 is 5.76 Å². The average Bonchev–Trinajstić information content (AvgIpc) is 2.96. The van der Waals surface area contributed by atoms with Crippen molar-refractivity contribution in [2.45, 2.75) is 70.9 Å². The molecule has 0 saturated heterocycles. The summed E-state index contributed by atoms with van der Waals surface area (Å²) in [6.45, 7) is 2.73. The fourth-order valence-corrected chi connectivity index (χ4v) is 6.80. The molecule has 5 heteroatoms. The van der Waals surface area contributed by atoms with E-state index in [-0.39, 0.29) is 17.7 Å². The number of fused-ring (bicyclic) bond motifs is 1. The molecule has 2 aromatic rings. The Bertz CT molecular complexity index is 905. The first-order chi connectivity index (χ1) is 13.5. The number of aromatic nitrogens is 1. The monoisotopic (exact) mass is 382 g/mol. The topological polar surface area (TPSA) is 64.2 Å². The molecule has 0 spiro atoms. The van der Waals surface area contributed by atoms with Gasteiger partial charge in [0.25, 0.3) is 0 Å². The van der Waals surface area contributed by atoms with Gasteiger partial charge < -0.3 is 9.73 Å². The molecule has 6 rings (SSSR count). The Morgan fingerprint density at radius 1 is 1.18 bits per heavy atom. The number of para-hydroxylation sites is 2. The van der Waals surface area contributed by atoms with Gasteiger partial charge in [-0.1, -0.05) is 12.1 Å². The van der Waals surface area contributed by atoms with Crippen molar-refractivity contribution in [1.82, 2.24) is 9.88 Å². The summed E-state index contributed by atoms with van der Waals surface area (Å²) in [5.74, 6) is 2.46. The molecule has 1 heterocycles. The summed E-state index contributed by atoms with van der Waals surface area (Å²) in [5, 5.41) is 3.32. The van der Waals surface area contributed by atoms with Gasteiger partial charge in [0.1, 0.15) is 0 Å². The third-order valence-electron chi connectivity index (χ3n) is 7.74. The molecule has 4 fully saturated rings. The number of rotatable bonds is 6. The molecule has 1 N–H and O–H groups in total. The fourth-order valence-electron chi connectivity index (χ4n) is 6.80. The van der Waals surface area contributed by atoms with Crippen LogP contribution in [0.25, 0.3) is 11.1 Å². The number of carbonyl (C=O) groups excluding carboxylic acids is 1. The molecule has 4 aliphatic rings. The molecular formula is C23H30N2O3. The predicted molar refractivity (Wildman–Crippen MR) is 108 cm³/mol. The maximum absolute atomic E-state index is 12.6. The summed E-state index contributed by atoms with van der Waals surface area (Å²) >= 11 is 0. The highest BCUT2D eigenvalue weighted by molar-refractivity contribution is 5.76. The highest BCUT2D eigenvalue weighted by atomic mass is 16.4. The molecule has 0 aliphatic heterocycles. The van der Waals surface area contributed by atoms with Gasteiger partial charge in [-0.3, -0.25) is 9.36 Å². The minimum Gasteiger partial charge on any atom is -0.408 e. The number of aryl methyl sites for hydroxylation is 1. The van der Waals surface area contributed by atoms with E-state index in [0.717, 1.165) is 23.3 Å². The molecule has 1 aromatic heterocycles. The third-order valence-corrected chi connectivity index (χ3v) is 7.74. The molecule has 1 atom stereocenters. The number of nitrogens with one attached hydrogen (secondary N) is 1. The maximum atomic E-state index is 12.6. The zero-order valence-corrected chi connectivity index (χ0v) is 16.7. The lowest BCUT2D eigenvalue weighted by atomic mass is 9.48. The van der Waals surface area contributed by atoms with Crippen molar-refractivity contribution in [3.05, 3.63) is 34.8 Å². The molecule has 150 valence electrons. The normalized spacial score (nSPS) is 32.0. The van der Waals surface area contributed by atoms with E-state index in [0.29, 0.717) is 30.4 Å². The molecular weight excluding hydrogens is 352 g/mol. The van der Waals surface area contributed by atoms with Crippen LogP contribution in [0, 0.1) is 23.2 Å². The minimum atomic E-state index is -0.344. The lowest BCUT2D eigenvalue weighted by Crippen LogP contribution is -2.55. The van der Waals surface area contributed by atoms with E-state index in [9.17, 15) is 9.59 Å². The van der Waals surface area contributed by atoms with Crippen molar-refractivity contribution in [2.24, 2.45) is 23.2 Å². The largest absolute Gasteiger partial charge is 0.419 e. The summed E-state index contributed by atoms with van der Waals surface area (Å²) in [5.41, 5.74) is 1.74. The number of hydrogen-bond donors (Lipinski definition) is 1.